The SMILES string of the molecule is CC(C)(C)OC(=O)N1CC[C@H](Nc2cnc3ccc(OCc4ccccc4)cc3c2)C1. The Morgan fingerprint density at radius 3 is 2.74 bits per heavy atom. The molecule has 1 amide bonds. The monoisotopic (exact) mass is 419 g/mol. The van der Waals surface area contributed by atoms with Crippen LogP contribution in [0.15, 0.2) is 60.8 Å². The smallest absolute Gasteiger partial charge is 0.410 e. The first-order chi connectivity index (χ1) is 14.9. The minimum atomic E-state index is -0.481. The summed E-state index contributed by atoms with van der Waals surface area (Å²) in [5.41, 5.74) is 2.50. The lowest BCUT2D eigenvalue weighted by atomic mass is 10.2. The van der Waals surface area contributed by atoms with E-state index in [0.717, 1.165) is 34.3 Å². The van der Waals surface area contributed by atoms with Crippen molar-refractivity contribution in [3.8, 4) is 5.75 Å². The second kappa shape index (κ2) is 8.84. The van der Waals surface area contributed by atoms with Crippen LogP contribution in [0.4, 0.5) is 10.5 Å². The van der Waals surface area contributed by atoms with E-state index < -0.39 is 5.60 Å². The average Bonchev–Trinajstić information content (AvgIpc) is 3.20. The minimum Gasteiger partial charge on any atom is -0.489 e. The molecule has 1 saturated heterocycles. The summed E-state index contributed by atoms with van der Waals surface area (Å²) in [6.07, 6.45) is 2.45. The molecule has 0 unspecified atom stereocenters. The summed E-state index contributed by atoms with van der Waals surface area (Å²) < 4.78 is 11.4. The number of carbonyl (C=O) groups is 1. The van der Waals surface area contributed by atoms with Crippen molar-refractivity contribution < 1.29 is 14.3 Å². The minimum absolute atomic E-state index is 0.171. The number of aromatic nitrogens is 1. The number of nitrogens with zero attached hydrogens (tertiary/aromatic N) is 2. The number of amides is 1. The highest BCUT2D eigenvalue weighted by molar-refractivity contribution is 5.83. The summed E-state index contributed by atoms with van der Waals surface area (Å²) in [6, 6.07) is 18.3. The Labute approximate surface area is 183 Å². The van der Waals surface area contributed by atoms with Crippen LogP contribution >= 0.6 is 0 Å². The van der Waals surface area contributed by atoms with E-state index in [4.69, 9.17) is 9.47 Å². The molecule has 6 heteroatoms. The maximum absolute atomic E-state index is 12.3. The average molecular weight is 420 g/mol. The van der Waals surface area contributed by atoms with Gasteiger partial charge in [0.25, 0.3) is 0 Å². The van der Waals surface area contributed by atoms with Gasteiger partial charge < -0.3 is 19.7 Å². The molecule has 0 spiro atoms. The van der Waals surface area contributed by atoms with Gasteiger partial charge >= 0.3 is 6.09 Å². The Bertz CT molecular complexity index is 1050. The van der Waals surface area contributed by atoms with Crippen molar-refractivity contribution in [1.29, 1.82) is 0 Å². The molecule has 0 bridgehead atoms. The van der Waals surface area contributed by atoms with Crippen molar-refractivity contribution in [3.05, 3.63) is 66.4 Å². The Morgan fingerprint density at radius 2 is 1.97 bits per heavy atom. The van der Waals surface area contributed by atoms with E-state index in [1.54, 1.807) is 4.90 Å². The molecule has 0 radical (unpaired) electrons. The maximum Gasteiger partial charge on any atom is 0.410 e. The molecule has 1 aliphatic heterocycles. The van der Waals surface area contributed by atoms with Crippen LogP contribution in [0, 0.1) is 0 Å². The molecular weight excluding hydrogens is 390 g/mol. The van der Waals surface area contributed by atoms with Crippen LogP contribution in [0.2, 0.25) is 0 Å². The molecule has 162 valence electrons. The fourth-order valence-electron chi connectivity index (χ4n) is 3.63. The van der Waals surface area contributed by atoms with Gasteiger partial charge in [-0.25, -0.2) is 4.79 Å². The highest BCUT2D eigenvalue weighted by Gasteiger charge is 2.29. The van der Waals surface area contributed by atoms with Crippen LogP contribution in [0.25, 0.3) is 10.9 Å². The molecule has 1 atom stereocenters. The number of hydrogen-bond donors (Lipinski definition) is 1. The van der Waals surface area contributed by atoms with Gasteiger partial charge in [0.05, 0.1) is 17.4 Å². The molecule has 2 heterocycles. The summed E-state index contributed by atoms with van der Waals surface area (Å²) in [7, 11) is 0. The molecule has 0 aliphatic carbocycles. The van der Waals surface area contributed by atoms with Gasteiger partial charge in [-0.1, -0.05) is 30.3 Å². The molecule has 1 N–H and O–H groups in total. The molecule has 0 saturated carbocycles. The molecule has 3 aromatic rings. The van der Waals surface area contributed by atoms with Gasteiger partial charge in [0.1, 0.15) is 18.0 Å². The first-order valence-corrected chi connectivity index (χ1v) is 10.7. The van der Waals surface area contributed by atoms with Gasteiger partial charge in [0, 0.05) is 24.5 Å². The number of benzene rings is 2. The van der Waals surface area contributed by atoms with Crippen molar-refractivity contribution in [2.75, 3.05) is 18.4 Å². The van der Waals surface area contributed by atoms with E-state index in [1.165, 1.54) is 0 Å². The van der Waals surface area contributed by atoms with E-state index in [-0.39, 0.29) is 12.1 Å². The lowest BCUT2D eigenvalue weighted by Gasteiger charge is -2.24. The third-order valence-corrected chi connectivity index (χ3v) is 5.11. The number of nitrogens with one attached hydrogen (secondary N) is 1. The predicted octanol–water partition coefficient (Wildman–Crippen LogP) is 5.24. The fourth-order valence-corrected chi connectivity index (χ4v) is 3.63. The molecule has 1 fully saturated rings. The second-order valence-corrected chi connectivity index (χ2v) is 8.91. The van der Waals surface area contributed by atoms with Crippen LogP contribution in [-0.4, -0.2) is 40.7 Å². The van der Waals surface area contributed by atoms with Gasteiger partial charge in [0.2, 0.25) is 0 Å². The Kier molecular flexibility index (Phi) is 5.98. The van der Waals surface area contributed by atoms with Gasteiger partial charge in [-0.05, 0) is 57.0 Å². The Balaban J connectivity index is 1.39. The molecule has 6 nitrogen and oxygen atoms in total. The summed E-state index contributed by atoms with van der Waals surface area (Å²) in [6.45, 7) is 7.48. The Morgan fingerprint density at radius 1 is 1.16 bits per heavy atom. The zero-order valence-electron chi connectivity index (χ0n) is 18.3. The number of pyridine rings is 1. The van der Waals surface area contributed by atoms with E-state index in [0.29, 0.717) is 19.7 Å². The lowest BCUT2D eigenvalue weighted by molar-refractivity contribution is 0.0293. The van der Waals surface area contributed by atoms with Crippen molar-refractivity contribution >= 4 is 22.7 Å². The van der Waals surface area contributed by atoms with Crippen LogP contribution in [0.5, 0.6) is 5.75 Å². The quantitative estimate of drug-likeness (QED) is 0.613. The topological polar surface area (TPSA) is 63.7 Å². The summed E-state index contributed by atoms with van der Waals surface area (Å²) in [5, 5.41) is 4.52. The third-order valence-electron chi connectivity index (χ3n) is 5.11. The van der Waals surface area contributed by atoms with Gasteiger partial charge in [0.15, 0.2) is 0 Å². The van der Waals surface area contributed by atoms with Crippen LogP contribution in [-0.2, 0) is 11.3 Å². The van der Waals surface area contributed by atoms with Crippen molar-refractivity contribution in [2.24, 2.45) is 0 Å². The second-order valence-electron chi connectivity index (χ2n) is 8.91. The summed E-state index contributed by atoms with van der Waals surface area (Å²) in [5.74, 6) is 0.812. The summed E-state index contributed by atoms with van der Waals surface area (Å²) >= 11 is 0. The van der Waals surface area contributed by atoms with Crippen molar-refractivity contribution in [3.63, 3.8) is 0 Å². The number of carbonyl (C=O) groups excluding carboxylic acids is 1. The molecule has 2 aromatic carbocycles. The molecular formula is C25H29N3O3. The van der Waals surface area contributed by atoms with Crippen LogP contribution in [0.3, 0.4) is 0 Å². The first kappa shape index (κ1) is 21.0. The number of hydrogen-bond acceptors (Lipinski definition) is 5. The van der Waals surface area contributed by atoms with Gasteiger partial charge in [-0.2, -0.15) is 0 Å². The lowest BCUT2D eigenvalue weighted by Crippen LogP contribution is -2.36. The number of fused-ring (bicyclic) bond motifs is 1. The highest BCUT2D eigenvalue weighted by Crippen LogP contribution is 2.24. The number of ether oxygens (including phenoxy) is 2. The number of anilines is 1. The van der Waals surface area contributed by atoms with E-state index in [1.807, 2.05) is 75.5 Å². The molecule has 1 aliphatic rings. The van der Waals surface area contributed by atoms with Gasteiger partial charge in [-0.3, -0.25) is 4.98 Å². The maximum atomic E-state index is 12.3. The van der Waals surface area contributed by atoms with E-state index in [9.17, 15) is 4.79 Å². The molecule has 1 aromatic heterocycles. The van der Waals surface area contributed by atoms with Gasteiger partial charge in [-0.15, -0.1) is 0 Å². The zero-order valence-corrected chi connectivity index (χ0v) is 18.3. The van der Waals surface area contributed by atoms with Crippen LogP contribution in [0.1, 0.15) is 32.8 Å². The normalized spacial score (nSPS) is 16.4. The number of rotatable bonds is 5. The zero-order chi connectivity index (χ0) is 21.8. The molecule has 31 heavy (non-hydrogen) atoms. The van der Waals surface area contributed by atoms with Crippen molar-refractivity contribution in [2.45, 2.75) is 45.4 Å². The first-order valence-electron chi connectivity index (χ1n) is 10.7. The van der Waals surface area contributed by atoms with E-state index >= 15 is 0 Å². The predicted molar refractivity (Wildman–Crippen MR) is 122 cm³/mol. The van der Waals surface area contributed by atoms with Crippen LogP contribution < -0.4 is 10.1 Å². The van der Waals surface area contributed by atoms with E-state index in [2.05, 4.69) is 16.4 Å². The highest BCUT2D eigenvalue weighted by atomic mass is 16.6. The largest absolute Gasteiger partial charge is 0.489 e. The standard InChI is InChI=1S/C25H29N3O3/c1-25(2,3)31-24(29)28-12-11-20(16-28)27-21-13-19-14-22(9-10-23(19)26-15-21)30-17-18-7-5-4-6-8-18/h4-10,13-15,20,27H,11-12,16-17H2,1-3H3/t20-/m0/s1. The molecule has 4 rings (SSSR count). The number of likely N-dealkylation sites (tertiary alicyclic amines) is 1. The van der Waals surface area contributed by atoms with Crippen molar-refractivity contribution in [1.82, 2.24) is 9.88 Å². The fraction of sp³-hybridized carbons (Fsp3) is 0.360. The third kappa shape index (κ3) is 5.66. The Hall–Kier alpha value is -3.28. The summed E-state index contributed by atoms with van der Waals surface area (Å²) in [4.78, 5) is 18.6.